The number of carbonyl (C=O) groups excluding carboxylic acids is 3. The number of aldehydes is 1. The van der Waals surface area contributed by atoms with Gasteiger partial charge in [0.05, 0.1) is 12.2 Å². The molecule has 0 N–H and O–H groups in total. The quantitative estimate of drug-likeness (QED) is 0.473. The third kappa shape index (κ3) is 12.1. The zero-order chi connectivity index (χ0) is 18.5. The Balaban J connectivity index is 0. The minimum Gasteiger partial charge on any atom is -0.466 e. The summed E-state index contributed by atoms with van der Waals surface area (Å²) in [7, 11) is 0. The van der Waals surface area contributed by atoms with Crippen molar-refractivity contribution in [3.05, 3.63) is 35.4 Å². The highest BCUT2D eigenvalue weighted by atomic mass is 19.4. The first-order chi connectivity index (χ1) is 10.7. The first-order valence-electron chi connectivity index (χ1n) is 6.98. The van der Waals surface area contributed by atoms with Gasteiger partial charge in [0, 0.05) is 5.56 Å². The summed E-state index contributed by atoms with van der Waals surface area (Å²) in [6, 6.07) is 4.26. The highest BCUT2D eigenvalue weighted by Gasteiger charge is 2.30. The molecule has 1 aromatic rings. The Morgan fingerprint density at radius 3 is 2.17 bits per heavy atom. The molecule has 23 heavy (non-hydrogen) atoms. The van der Waals surface area contributed by atoms with Gasteiger partial charge in [0.2, 0.25) is 0 Å². The number of carbonyl (C=O) groups is 3. The van der Waals surface area contributed by atoms with Crippen LogP contribution in [-0.4, -0.2) is 24.6 Å². The summed E-state index contributed by atoms with van der Waals surface area (Å²) in [4.78, 5) is 30.8. The Hall–Kier alpha value is -2.18. The van der Waals surface area contributed by atoms with Crippen LogP contribution in [0.5, 0.6) is 0 Å². The topological polar surface area (TPSA) is 60.4 Å². The van der Waals surface area contributed by atoms with Crippen molar-refractivity contribution in [3.8, 4) is 0 Å². The van der Waals surface area contributed by atoms with Gasteiger partial charge < -0.3 is 4.74 Å². The van der Waals surface area contributed by atoms with Crippen LogP contribution in [0.1, 0.15) is 50.0 Å². The first kappa shape index (κ1) is 23.1. The zero-order valence-electron chi connectivity index (χ0n) is 13.6. The lowest BCUT2D eigenvalue weighted by Gasteiger charge is -2.05. The van der Waals surface area contributed by atoms with Crippen LogP contribution < -0.4 is 0 Å². The van der Waals surface area contributed by atoms with Gasteiger partial charge in [-0.2, -0.15) is 13.2 Å². The van der Waals surface area contributed by atoms with Crippen molar-refractivity contribution in [1.82, 2.24) is 0 Å². The Bertz CT molecular complexity index is 496. The molecule has 0 bridgehead atoms. The highest BCUT2D eigenvalue weighted by Crippen LogP contribution is 2.29. The first-order valence-corrected chi connectivity index (χ1v) is 6.98. The second-order valence-electron chi connectivity index (χ2n) is 3.92. The Labute approximate surface area is 133 Å². The number of halogens is 3. The molecule has 0 heterocycles. The number of rotatable bonds is 4. The van der Waals surface area contributed by atoms with E-state index >= 15 is 0 Å². The molecule has 0 aromatic heterocycles. The van der Waals surface area contributed by atoms with E-state index in [1.54, 1.807) is 6.92 Å². The summed E-state index contributed by atoms with van der Waals surface area (Å²) in [6.45, 7) is 7.40. The van der Waals surface area contributed by atoms with E-state index in [1.165, 1.54) is 19.1 Å². The lowest BCUT2D eigenvalue weighted by atomic mass is 10.1. The molecule has 130 valence electrons. The van der Waals surface area contributed by atoms with Crippen molar-refractivity contribution in [2.45, 2.75) is 40.3 Å². The third-order valence-corrected chi connectivity index (χ3v) is 2.05. The smallest absolute Gasteiger partial charge is 0.416 e. The molecule has 0 unspecified atom stereocenters. The van der Waals surface area contributed by atoms with E-state index in [2.05, 4.69) is 4.74 Å². The monoisotopic (exact) mass is 334 g/mol. The molecule has 7 heteroatoms. The highest BCUT2D eigenvalue weighted by molar-refractivity contribution is 5.94. The summed E-state index contributed by atoms with van der Waals surface area (Å²) in [6.07, 6.45) is -4.10. The number of benzene rings is 1. The van der Waals surface area contributed by atoms with Crippen molar-refractivity contribution in [2.75, 3.05) is 6.61 Å². The number of ether oxygens (including phenoxy) is 1. The van der Waals surface area contributed by atoms with Gasteiger partial charge in [-0.1, -0.05) is 26.0 Å². The van der Waals surface area contributed by atoms with Gasteiger partial charge in [-0.05, 0) is 26.0 Å². The van der Waals surface area contributed by atoms with E-state index in [0.29, 0.717) is 12.9 Å². The molecule has 1 rings (SSSR count). The molecule has 0 aliphatic heterocycles. The van der Waals surface area contributed by atoms with Gasteiger partial charge in [0.1, 0.15) is 18.5 Å². The fourth-order valence-electron chi connectivity index (χ4n) is 1.20. The molecule has 0 amide bonds. The second-order valence-corrected chi connectivity index (χ2v) is 3.92. The third-order valence-electron chi connectivity index (χ3n) is 2.05. The van der Waals surface area contributed by atoms with E-state index in [1.807, 2.05) is 13.8 Å². The molecule has 4 nitrogen and oxygen atoms in total. The van der Waals surface area contributed by atoms with Gasteiger partial charge in [-0.25, -0.2) is 0 Å². The van der Waals surface area contributed by atoms with Gasteiger partial charge in [-0.15, -0.1) is 0 Å². The lowest BCUT2D eigenvalue weighted by Crippen LogP contribution is -2.07. The van der Waals surface area contributed by atoms with Gasteiger partial charge in [0.25, 0.3) is 0 Å². The molecule has 0 fully saturated rings. The summed E-state index contributed by atoms with van der Waals surface area (Å²) in [5.74, 6) is -0.599. The van der Waals surface area contributed by atoms with E-state index in [4.69, 9.17) is 0 Å². The molecule has 0 saturated heterocycles. The van der Waals surface area contributed by atoms with Crippen LogP contribution in [0.3, 0.4) is 0 Å². The Morgan fingerprint density at radius 1 is 1.22 bits per heavy atom. The van der Waals surface area contributed by atoms with Gasteiger partial charge in [0.15, 0.2) is 0 Å². The van der Waals surface area contributed by atoms with Crippen molar-refractivity contribution in [3.63, 3.8) is 0 Å². The van der Waals surface area contributed by atoms with E-state index < -0.39 is 17.7 Å². The zero-order valence-corrected chi connectivity index (χ0v) is 13.6. The average Bonchev–Trinajstić information content (AvgIpc) is 2.48. The van der Waals surface area contributed by atoms with Crippen molar-refractivity contribution in [2.24, 2.45) is 0 Å². The molecule has 1 aromatic carbocycles. The number of Topliss-reactive ketones (excluding diaryl/α,β-unsaturated/α-hetero) is 1. The normalized spacial score (nSPS) is 9.52. The number of hydrogen-bond acceptors (Lipinski definition) is 4. The van der Waals surface area contributed by atoms with Crippen molar-refractivity contribution in [1.29, 1.82) is 0 Å². The minimum absolute atomic E-state index is 0.0322. The van der Waals surface area contributed by atoms with Crippen LogP contribution in [-0.2, 0) is 20.5 Å². The summed E-state index contributed by atoms with van der Waals surface area (Å²) < 4.78 is 40.5. The predicted molar refractivity (Wildman–Crippen MR) is 80.1 cm³/mol. The standard InChI is InChI=1S/C8H5F3O.C6H10O3.C2H6/c9-8(10,11)7-3-1-2-6(4-7)5-12;1-3-9-6(8)4-5(2)7;1-2/h1-5H;3-4H2,1-2H3;1-2H3. The molecule has 0 atom stereocenters. The number of alkyl halides is 3. The molecular formula is C16H21F3O4. The Kier molecular flexibility index (Phi) is 12.4. The second kappa shape index (κ2) is 12.4. The predicted octanol–water partition coefficient (Wildman–Crippen LogP) is 4.07. The van der Waals surface area contributed by atoms with Crippen LogP contribution >= 0.6 is 0 Å². The van der Waals surface area contributed by atoms with E-state index in [-0.39, 0.29) is 17.8 Å². The van der Waals surface area contributed by atoms with Crippen LogP contribution in [0.25, 0.3) is 0 Å². The Morgan fingerprint density at radius 2 is 1.78 bits per heavy atom. The van der Waals surface area contributed by atoms with E-state index in [9.17, 15) is 27.6 Å². The summed E-state index contributed by atoms with van der Waals surface area (Å²) in [5, 5.41) is 0. The molecule has 0 aliphatic carbocycles. The summed E-state index contributed by atoms with van der Waals surface area (Å²) in [5.41, 5.74) is -0.767. The number of esters is 1. The number of hydrogen-bond donors (Lipinski definition) is 0. The number of ketones is 1. The van der Waals surface area contributed by atoms with Gasteiger partial charge in [-0.3, -0.25) is 14.4 Å². The van der Waals surface area contributed by atoms with Crippen LogP contribution in [0.4, 0.5) is 13.2 Å². The van der Waals surface area contributed by atoms with Crippen LogP contribution in [0.15, 0.2) is 24.3 Å². The van der Waals surface area contributed by atoms with Crippen LogP contribution in [0, 0.1) is 0 Å². The van der Waals surface area contributed by atoms with E-state index in [0.717, 1.165) is 12.1 Å². The maximum Gasteiger partial charge on any atom is 0.416 e. The fraction of sp³-hybridized carbons (Fsp3) is 0.438. The maximum atomic E-state index is 12.0. The largest absolute Gasteiger partial charge is 0.466 e. The minimum atomic E-state index is -4.38. The molecular weight excluding hydrogens is 313 g/mol. The fourth-order valence-corrected chi connectivity index (χ4v) is 1.20. The molecule has 0 saturated carbocycles. The maximum absolute atomic E-state index is 12.0. The average molecular weight is 334 g/mol. The van der Waals surface area contributed by atoms with Crippen molar-refractivity contribution >= 4 is 18.0 Å². The van der Waals surface area contributed by atoms with Gasteiger partial charge >= 0.3 is 12.1 Å². The molecule has 0 spiro atoms. The van der Waals surface area contributed by atoms with Crippen molar-refractivity contribution < 1.29 is 32.3 Å². The van der Waals surface area contributed by atoms with Crippen LogP contribution in [0.2, 0.25) is 0 Å². The summed E-state index contributed by atoms with van der Waals surface area (Å²) >= 11 is 0. The molecule has 0 aliphatic rings. The molecule has 0 radical (unpaired) electrons. The SMILES string of the molecule is CC.CCOC(=O)CC(C)=O.O=Cc1cccc(C(F)(F)F)c1. The lowest BCUT2D eigenvalue weighted by molar-refractivity contribution is -0.145.